The highest BCUT2D eigenvalue weighted by atomic mass is 16.4. The molecular formula is C16H18N2O3. The number of likely N-dealkylation sites (tertiary alicyclic amines) is 1. The lowest BCUT2D eigenvalue weighted by molar-refractivity contribution is -0.141. The highest BCUT2D eigenvalue weighted by Crippen LogP contribution is 2.19. The Morgan fingerprint density at radius 2 is 2.19 bits per heavy atom. The summed E-state index contributed by atoms with van der Waals surface area (Å²) >= 11 is 0. The quantitative estimate of drug-likeness (QED) is 0.903. The zero-order chi connectivity index (χ0) is 14.8. The zero-order valence-electron chi connectivity index (χ0n) is 11.7. The van der Waals surface area contributed by atoms with Gasteiger partial charge in [-0.3, -0.25) is 9.59 Å². The minimum atomic E-state index is -0.803. The number of nitrogens with zero attached hydrogens (tertiary/aromatic N) is 1. The molecule has 5 heteroatoms. The number of aliphatic carboxylic acids is 1. The van der Waals surface area contributed by atoms with Crippen molar-refractivity contribution in [2.75, 3.05) is 13.1 Å². The van der Waals surface area contributed by atoms with Crippen LogP contribution in [0.25, 0.3) is 10.9 Å². The number of hydrogen-bond acceptors (Lipinski definition) is 2. The number of aryl methyl sites for hydroxylation is 1. The Labute approximate surface area is 122 Å². The molecule has 0 saturated carbocycles. The summed E-state index contributed by atoms with van der Waals surface area (Å²) < 4.78 is 0. The number of carboxylic acids is 1. The van der Waals surface area contributed by atoms with Crippen LogP contribution in [-0.4, -0.2) is 40.0 Å². The van der Waals surface area contributed by atoms with Crippen molar-refractivity contribution in [3.8, 4) is 0 Å². The number of fused-ring (bicyclic) bond motifs is 1. The van der Waals surface area contributed by atoms with Gasteiger partial charge in [-0.2, -0.15) is 0 Å². The van der Waals surface area contributed by atoms with Crippen molar-refractivity contribution in [3.05, 3.63) is 36.0 Å². The second-order valence-electron chi connectivity index (χ2n) is 5.56. The van der Waals surface area contributed by atoms with E-state index < -0.39 is 11.9 Å². The van der Waals surface area contributed by atoms with Crippen LogP contribution < -0.4 is 0 Å². The van der Waals surface area contributed by atoms with Crippen LogP contribution in [0.5, 0.6) is 0 Å². The highest BCUT2D eigenvalue weighted by molar-refractivity contribution is 5.81. The van der Waals surface area contributed by atoms with Crippen LogP contribution in [0.1, 0.15) is 18.4 Å². The molecule has 21 heavy (non-hydrogen) atoms. The molecule has 0 radical (unpaired) electrons. The van der Waals surface area contributed by atoms with Gasteiger partial charge in [-0.1, -0.05) is 6.07 Å². The molecule has 1 aromatic heterocycles. The number of hydrogen-bond donors (Lipinski definition) is 2. The van der Waals surface area contributed by atoms with Gasteiger partial charge in [0, 0.05) is 31.2 Å². The molecule has 0 aliphatic carbocycles. The Hall–Kier alpha value is -2.30. The average molecular weight is 286 g/mol. The van der Waals surface area contributed by atoms with Gasteiger partial charge in [0.2, 0.25) is 5.91 Å². The van der Waals surface area contributed by atoms with Crippen LogP contribution >= 0.6 is 0 Å². The molecule has 1 aromatic carbocycles. The second-order valence-corrected chi connectivity index (χ2v) is 5.56. The van der Waals surface area contributed by atoms with Crippen molar-refractivity contribution in [2.24, 2.45) is 5.92 Å². The van der Waals surface area contributed by atoms with E-state index in [4.69, 9.17) is 5.11 Å². The molecule has 2 aromatic rings. The lowest BCUT2D eigenvalue weighted by Gasteiger charge is -2.15. The fourth-order valence-corrected chi connectivity index (χ4v) is 2.86. The summed E-state index contributed by atoms with van der Waals surface area (Å²) in [6, 6.07) is 8.14. The van der Waals surface area contributed by atoms with Gasteiger partial charge in [-0.15, -0.1) is 0 Å². The second kappa shape index (κ2) is 5.60. The molecule has 0 bridgehead atoms. The maximum absolute atomic E-state index is 12.1. The molecule has 0 spiro atoms. The lowest BCUT2D eigenvalue weighted by Crippen LogP contribution is -2.30. The van der Waals surface area contributed by atoms with Gasteiger partial charge < -0.3 is 15.0 Å². The maximum Gasteiger partial charge on any atom is 0.308 e. The van der Waals surface area contributed by atoms with Crippen molar-refractivity contribution < 1.29 is 14.7 Å². The SMILES string of the molecule is O=C(O)C1CCN(C(=O)CCc2ccc3[nH]ccc3c2)C1. The molecule has 2 N–H and O–H groups in total. The summed E-state index contributed by atoms with van der Waals surface area (Å²) in [5.74, 6) is -1.15. The molecular weight excluding hydrogens is 268 g/mol. The van der Waals surface area contributed by atoms with Crippen molar-refractivity contribution in [3.63, 3.8) is 0 Å². The van der Waals surface area contributed by atoms with E-state index in [2.05, 4.69) is 11.1 Å². The van der Waals surface area contributed by atoms with Crippen molar-refractivity contribution in [2.45, 2.75) is 19.3 Å². The number of aromatic nitrogens is 1. The molecule has 5 nitrogen and oxygen atoms in total. The first-order chi connectivity index (χ1) is 10.1. The van der Waals surface area contributed by atoms with Crippen LogP contribution in [0.2, 0.25) is 0 Å². The van der Waals surface area contributed by atoms with Gasteiger partial charge in [0.1, 0.15) is 0 Å². The molecule has 1 aliphatic rings. The summed E-state index contributed by atoms with van der Waals surface area (Å²) in [6.45, 7) is 0.914. The van der Waals surface area contributed by atoms with E-state index in [0.717, 1.165) is 16.5 Å². The number of carboxylic acid groups (broad SMARTS) is 1. The summed E-state index contributed by atoms with van der Waals surface area (Å²) in [4.78, 5) is 27.8. The number of nitrogens with one attached hydrogen (secondary N) is 1. The Bertz CT molecular complexity index is 677. The van der Waals surface area contributed by atoms with Crippen LogP contribution in [0.4, 0.5) is 0 Å². The van der Waals surface area contributed by atoms with E-state index in [-0.39, 0.29) is 5.91 Å². The summed E-state index contributed by atoms with van der Waals surface area (Å²) in [5, 5.41) is 10.1. The van der Waals surface area contributed by atoms with Gasteiger partial charge in [-0.05, 0) is 42.0 Å². The number of amides is 1. The monoisotopic (exact) mass is 286 g/mol. The third-order valence-corrected chi connectivity index (χ3v) is 4.14. The molecule has 1 unspecified atom stereocenters. The molecule has 110 valence electrons. The first kappa shape index (κ1) is 13.7. The van der Waals surface area contributed by atoms with Gasteiger partial charge in [0.25, 0.3) is 0 Å². The third-order valence-electron chi connectivity index (χ3n) is 4.14. The Kier molecular flexibility index (Phi) is 3.64. The lowest BCUT2D eigenvalue weighted by atomic mass is 10.1. The molecule has 1 atom stereocenters. The number of carbonyl (C=O) groups is 2. The first-order valence-electron chi connectivity index (χ1n) is 7.20. The molecule has 1 saturated heterocycles. The third kappa shape index (κ3) is 2.91. The maximum atomic E-state index is 12.1. The van der Waals surface area contributed by atoms with Crippen LogP contribution in [-0.2, 0) is 16.0 Å². The Morgan fingerprint density at radius 3 is 2.95 bits per heavy atom. The van der Waals surface area contributed by atoms with E-state index in [1.807, 2.05) is 24.4 Å². The highest BCUT2D eigenvalue weighted by Gasteiger charge is 2.30. The molecule has 1 amide bonds. The summed E-state index contributed by atoms with van der Waals surface area (Å²) in [5.41, 5.74) is 2.22. The predicted molar refractivity (Wildman–Crippen MR) is 78.9 cm³/mol. The van der Waals surface area contributed by atoms with E-state index in [1.165, 1.54) is 0 Å². The van der Waals surface area contributed by atoms with Crippen molar-refractivity contribution in [1.82, 2.24) is 9.88 Å². The number of rotatable bonds is 4. The average Bonchev–Trinajstić information content (AvgIpc) is 3.12. The molecule has 1 fully saturated rings. The van der Waals surface area contributed by atoms with E-state index in [0.29, 0.717) is 32.4 Å². The van der Waals surface area contributed by atoms with Crippen LogP contribution in [0.3, 0.4) is 0 Å². The van der Waals surface area contributed by atoms with E-state index in [9.17, 15) is 9.59 Å². The number of aromatic amines is 1. The van der Waals surface area contributed by atoms with E-state index in [1.54, 1.807) is 4.90 Å². The number of H-pyrrole nitrogens is 1. The number of benzene rings is 1. The minimum absolute atomic E-state index is 0.0490. The first-order valence-corrected chi connectivity index (χ1v) is 7.20. The molecule has 1 aliphatic heterocycles. The smallest absolute Gasteiger partial charge is 0.308 e. The van der Waals surface area contributed by atoms with Gasteiger partial charge >= 0.3 is 5.97 Å². The normalized spacial score (nSPS) is 18.3. The van der Waals surface area contributed by atoms with Crippen molar-refractivity contribution >= 4 is 22.8 Å². The largest absolute Gasteiger partial charge is 0.481 e. The fourth-order valence-electron chi connectivity index (χ4n) is 2.86. The van der Waals surface area contributed by atoms with E-state index >= 15 is 0 Å². The zero-order valence-corrected chi connectivity index (χ0v) is 11.7. The van der Waals surface area contributed by atoms with Gasteiger partial charge in [0.05, 0.1) is 5.92 Å². The predicted octanol–water partition coefficient (Wildman–Crippen LogP) is 2.03. The minimum Gasteiger partial charge on any atom is -0.481 e. The number of carbonyl (C=O) groups excluding carboxylic acids is 1. The topological polar surface area (TPSA) is 73.4 Å². The molecule has 3 rings (SSSR count). The fraction of sp³-hybridized carbons (Fsp3) is 0.375. The Balaban J connectivity index is 1.57. The Morgan fingerprint density at radius 1 is 1.33 bits per heavy atom. The summed E-state index contributed by atoms with van der Waals surface area (Å²) in [7, 11) is 0. The van der Waals surface area contributed by atoms with Gasteiger partial charge in [-0.25, -0.2) is 0 Å². The van der Waals surface area contributed by atoms with Gasteiger partial charge in [0.15, 0.2) is 0 Å². The standard InChI is InChI=1S/C16H18N2O3/c19-15(18-8-6-13(10-18)16(20)21)4-2-11-1-3-14-12(9-11)5-7-17-14/h1,3,5,7,9,13,17H,2,4,6,8,10H2,(H,20,21). The van der Waals surface area contributed by atoms with Crippen molar-refractivity contribution in [1.29, 1.82) is 0 Å². The summed E-state index contributed by atoms with van der Waals surface area (Å²) in [6.07, 6.45) is 3.59. The van der Waals surface area contributed by atoms with Crippen LogP contribution in [0.15, 0.2) is 30.5 Å². The molecule has 2 heterocycles. The van der Waals surface area contributed by atoms with Crippen LogP contribution in [0, 0.1) is 5.92 Å².